The molecule has 0 spiro atoms. The van der Waals surface area contributed by atoms with Gasteiger partial charge in [-0.25, -0.2) is 0 Å². The van der Waals surface area contributed by atoms with Crippen molar-refractivity contribution < 1.29 is 5.11 Å². The monoisotopic (exact) mass is 215 g/mol. The van der Waals surface area contributed by atoms with Crippen LogP contribution in [0.15, 0.2) is 0 Å². The highest BCUT2D eigenvalue weighted by Crippen LogP contribution is 2.28. The number of rotatable bonds is 3. The lowest BCUT2D eigenvalue weighted by molar-refractivity contribution is 0.109. The highest BCUT2D eigenvalue weighted by atomic mass is 32.2. The number of hydrogen-bond donors (Lipinski definition) is 1. The van der Waals surface area contributed by atoms with Gasteiger partial charge in [0.15, 0.2) is 0 Å². The van der Waals surface area contributed by atoms with Crippen molar-refractivity contribution in [1.29, 1.82) is 0 Å². The molecule has 1 heterocycles. The van der Waals surface area contributed by atoms with E-state index in [4.69, 9.17) is 0 Å². The van der Waals surface area contributed by atoms with Gasteiger partial charge in [-0.15, -0.1) is 0 Å². The van der Waals surface area contributed by atoms with Gasteiger partial charge in [-0.3, -0.25) is 0 Å². The summed E-state index contributed by atoms with van der Waals surface area (Å²) in [5, 5.41) is 10.6. The second-order valence-electron chi connectivity index (χ2n) is 4.66. The molecule has 1 saturated carbocycles. The highest BCUT2D eigenvalue weighted by Gasteiger charge is 2.29. The smallest absolute Gasteiger partial charge is 0.0580 e. The Labute approximate surface area is 91.1 Å². The van der Waals surface area contributed by atoms with Crippen LogP contribution < -0.4 is 0 Å². The van der Waals surface area contributed by atoms with Gasteiger partial charge < -0.3 is 10.0 Å². The number of nitrogens with zero attached hydrogens (tertiary/aromatic N) is 1. The molecule has 2 nitrogen and oxygen atoms in total. The van der Waals surface area contributed by atoms with Crippen LogP contribution in [0.25, 0.3) is 0 Å². The third kappa shape index (κ3) is 2.44. The minimum Gasteiger partial charge on any atom is -0.393 e. The van der Waals surface area contributed by atoms with Crippen molar-refractivity contribution in [3.05, 3.63) is 0 Å². The number of likely N-dealkylation sites (tertiary alicyclic amines) is 1. The zero-order valence-electron chi connectivity index (χ0n) is 8.98. The maximum absolute atomic E-state index is 9.74. The molecule has 0 aromatic rings. The SMILES string of the molecule is CSC1CCN(CC2CCCC2O)C1. The first-order valence-corrected chi connectivity index (χ1v) is 7.01. The van der Waals surface area contributed by atoms with E-state index < -0.39 is 0 Å². The van der Waals surface area contributed by atoms with Gasteiger partial charge in [0.1, 0.15) is 0 Å². The van der Waals surface area contributed by atoms with Crippen molar-refractivity contribution in [1.82, 2.24) is 4.90 Å². The Morgan fingerprint density at radius 3 is 2.79 bits per heavy atom. The quantitative estimate of drug-likeness (QED) is 0.773. The Balaban J connectivity index is 1.75. The van der Waals surface area contributed by atoms with Gasteiger partial charge in [0.25, 0.3) is 0 Å². The van der Waals surface area contributed by atoms with E-state index in [2.05, 4.69) is 11.2 Å². The third-order valence-electron chi connectivity index (χ3n) is 3.67. The van der Waals surface area contributed by atoms with Crippen LogP contribution in [0.4, 0.5) is 0 Å². The predicted octanol–water partition coefficient (Wildman–Crippen LogP) is 1.58. The Hall–Kier alpha value is 0.270. The van der Waals surface area contributed by atoms with Crippen LogP contribution in [0.5, 0.6) is 0 Å². The number of aliphatic hydroxyl groups is 1. The highest BCUT2D eigenvalue weighted by molar-refractivity contribution is 7.99. The molecule has 0 bridgehead atoms. The molecule has 1 aliphatic carbocycles. The summed E-state index contributed by atoms with van der Waals surface area (Å²) < 4.78 is 0. The second-order valence-corrected chi connectivity index (χ2v) is 5.80. The Kier molecular flexibility index (Phi) is 3.74. The van der Waals surface area contributed by atoms with Gasteiger partial charge in [-0.2, -0.15) is 11.8 Å². The Bertz CT molecular complexity index is 188. The van der Waals surface area contributed by atoms with Gasteiger partial charge in [0.2, 0.25) is 0 Å². The fourth-order valence-corrected chi connectivity index (χ4v) is 3.42. The minimum absolute atomic E-state index is 0.0108. The molecule has 1 aliphatic heterocycles. The lowest BCUT2D eigenvalue weighted by atomic mass is 10.1. The van der Waals surface area contributed by atoms with Crippen molar-refractivity contribution in [3.8, 4) is 0 Å². The summed E-state index contributed by atoms with van der Waals surface area (Å²) in [7, 11) is 0. The zero-order valence-corrected chi connectivity index (χ0v) is 9.80. The lowest BCUT2D eigenvalue weighted by Crippen LogP contribution is -2.31. The maximum atomic E-state index is 9.74. The van der Waals surface area contributed by atoms with Crippen LogP contribution in [-0.4, -0.2) is 47.3 Å². The molecule has 1 N–H and O–H groups in total. The topological polar surface area (TPSA) is 23.5 Å². The Morgan fingerprint density at radius 2 is 2.21 bits per heavy atom. The summed E-state index contributed by atoms with van der Waals surface area (Å²) in [5.74, 6) is 0.565. The summed E-state index contributed by atoms with van der Waals surface area (Å²) in [6, 6.07) is 0. The molecule has 82 valence electrons. The first-order valence-electron chi connectivity index (χ1n) is 5.73. The molecule has 2 fully saturated rings. The summed E-state index contributed by atoms with van der Waals surface area (Å²) in [6.45, 7) is 3.62. The van der Waals surface area contributed by atoms with E-state index in [-0.39, 0.29) is 6.10 Å². The van der Waals surface area contributed by atoms with E-state index in [1.807, 2.05) is 11.8 Å². The molecule has 0 aromatic carbocycles. The fraction of sp³-hybridized carbons (Fsp3) is 1.00. The van der Waals surface area contributed by atoms with Crippen LogP contribution in [0, 0.1) is 5.92 Å². The second kappa shape index (κ2) is 4.86. The van der Waals surface area contributed by atoms with E-state index in [1.54, 1.807) is 0 Å². The average Bonchev–Trinajstić information content (AvgIpc) is 2.77. The van der Waals surface area contributed by atoms with E-state index in [9.17, 15) is 5.11 Å². The third-order valence-corrected chi connectivity index (χ3v) is 4.73. The molecule has 3 atom stereocenters. The largest absolute Gasteiger partial charge is 0.393 e. The molecular weight excluding hydrogens is 194 g/mol. The van der Waals surface area contributed by atoms with Crippen LogP contribution in [-0.2, 0) is 0 Å². The lowest BCUT2D eigenvalue weighted by Gasteiger charge is -2.22. The number of thioether (sulfide) groups is 1. The standard InChI is InChI=1S/C11H21NOS/c1-14-10-5-6-12(8-10)7-9-3-2-4-11(9)13/h9-11,13H,2-8H2,1H3. The van der Waals surface area contributed by atoms with E-state index in [0.717, 1.165) is 18.2 Å². The first-order chi connectivity index (χ1) is 6.79. The molecule has 1 saturated heterocycles. The van der Waals surface area contributed by atoms with Crippen molar-refractivity contribution in [3.63, 3.8) is 0 Å². The van der Waals surface area contributed by atoms with Crippen LogP contribution in [0.3, 0.4) is 0 Å². The zero-order chi connectivity index (χ0) is 9.97. The normalized spacial score (nSPS) is 39.4. The summed E-state index contributed by atoms with van der Waals surface area (Å²) in [4.78, 5) is 2.54. The van der Waals surface area contributed by atoms with E-state index in [1.165, 1.54) is 32.4 Å². The number of hydrogen-bond acceptors (Lipinski definition) is 3. The molecule has 0 radical (unpaired) electrons. The molecule has 14 heavy (non-hydrogen) atoms. The average molecular weight is 215 g/mol. The van der Waals surface area contributed by atoms with Crippen molar-refractivity contribution in [2.45, 2.75) is 37.0 Å². The maximum Gasteiger partial charge on any atom is 0.0580 e. The summed E-state index contributed by atoms with van der Waals surface area (Å²) in [6.07, 6.45) is 7.03. The number of aliphatic hydroxyl groups excluding tert-OH is 1. The summed E-state index contributed by atoms with van der Waals surface area (Å²) in [5.41, 5.74) is 0. The molecule has 2 aliphatic rings. The predicted molar refractivity (Wildman–Crippen MR) is 61.7 cm³/mol. The van der Waals surface area contributed by atoms with Crippen LogP contribution >= 0.6 is 11.8 Å². The van der Waals surface area contributed by atoms with Gasteiger partial charge in [-0.1, -0.05) is 6.42 Å². The molecule has 0 aromatic heterocycles. The minimum atomic E-state index is -0.0108. The van der Waals surface area contributed by atoms with E-state index in [0.29, 0.717) is 5.92 Å². The van der Waals surface area contributed by atoms with Crippen molar-refractivity contribution in [2.24, 2.45) is 5.92 Å². The molecule has 3 heteroatoms. The fourth-order valence-electron chi connectivity index (χ4n) is 2.72. The van der Waals surface area contributed by atoms with Gasteiger partial charge in [0, 0.05) is 18.3 Å². The first kappa shape index (κ1) is 10.8. The molecule has 2 rings (SSSR count). The molecule has 3 unspecified atom stereocenters. The van der Waals surface area contributed by atoms with Gasteiger partial charge >= 0.3 is 0 Å². The van der Waals surface area contributed by atoms with Gasteiger partial charge in [0.05, 0.1) is 6.10 Å². The summed E-state index contributed by atoms with van der Waals surface area (Å²) >= 11 is 1.99. The van der Waals surface area contributed by atoms with Crippen molar-refractivity contribution in [2.75, 3.05) is 25.9 Å². The van der Waals surface area contributed by atoms with E-state index >= 15 is 0 Å². The van der Waals surface area contributed by atoms with Crippen molar-refractivity contribution >= 4 is 11.8 Å². The van der Waals surface area contributed by atoms with Gasteiger partial charge in [-0.05, 0) is 38.0 Å². The molecule has 0 amide bonds. The molecular formula is C11H21NOS. The Morgan fingerprint density at radius 1 is 1.36 bits per heavy atom. The van der Waals surface area contributed by atoms with Crippen LogP contribution in [0.2, 0.25) is 0 Å². The van der Waals surface area contributed by atoms with Crippen LogP contribution in [0.1, 0.15) is 25.7 Å².